The lowest BCUT2D eigenvalue weighted by Crippen LogP contribution is -2.36. The van der Waals surface area contributed by atoms with Gasteiger partial charge in [0, 0.05) is 37.8 Å². The first-order valence-corrected chi connectivity index (χ1v) is 14.0. The van der Waals surface area contributed by atoms with E-state index >= 15 is 0 Å². The Morgan fingerprint density at radius 3 is 2.70 bits per heavy atom. The lowest BCUT2D eigenvalue weighted by molar-refractivity contribution is 0.145. The van der Waals surface area contributed by atoms with Crippen molar-refractivity contribution in [1.29, 1.82) is 5.41 Å². The number of aliphatic hydroxyl groups is 1. The third kappa shape index (κ3) is 5.74. The molecule has 3 aliphatic rings. The number of aliphatic hydroxyl groups excluding tert-OH is 1. The van der Waals surface area contributed by atoms with Crippen LogP contribution in [0.15, 0.2) is 72.4 Å². The minimum Gasteiger partial charge on any atom is -0.393 e. The van der Waals surface area contributed by atoms with E-state index in [1.54, 1.807) is 24.4 Å². The van der Waals surface area contributed by atoms with Gasteiger partial charge in [0.05, 0.1) is 35.4 Å². The predicted molar refractivity (Wildman–Crippen MR) is 156 cm³/mol. The van der Waals surface area contributed by atoms with Gasteiger partial charge in [-0.25, -0.2) is 19.3 Å². The maximum atomic E-state index is 13.9. The minimum atomic E-state index is -0.209. The molecule has 1 aliphatic carbocycles. The number of amidine groups is 1. The van der Waals surface area contributed by atoms with E-state index in [-0.39, 0.29) is 18.0 Å². The van der Waals surface area contributed by atoms with Crippen molar-refractivity contribution in [3.8, 4) is 22.6 Å². The molecule has 0 radical (unpaired) electrons. The molecule has 9 heteroatoms. The fourth-order valence-electron chi connectivity index (χ4n) is 5.69. The first-order valence-electron chi connectivity index (χ1n) is 14.0. The van der Waals surface area contributed by atoms with Gasteiger partial charge in [-0.2, -0.15) is 0 Å². The van der Waals surface area contributed by atoms with Gasteiger partial charge in [-0.05, 0) is 80.2 Å². The van der Waals surface area contributed by atoms with E-state index in [0.717, 1.165) is 85.8 Å². The van der Waals surface area contributed by atoms with Crippen molar-refractivity contribution in [3.63, 3.8) is 0 Å². The largest absolute Gasteiger partial charge is 0.393 e. The topological polar surface area (TPSA) is 105 Å². The molecule has 3 aromatic rings. The van der Waals surface area contributed by atoms with Crippen LogP contribution in [0.4, 0.5) is 10.2 Å². The number of aromatic amines is 1. The van der Waals surface area contributed by atoms with Crippen molar-refractivity contribution in [2.24, 2.45) is 0 Å². The van der Waals surface area contributed by atoms with Crippen molar-refractivity contribution in [2.75, 3.05) is 24.5 Å². The van der Waals surface area contributed by atoms with Crippen LogP contribution in [0.2, 0.25) is 0 Å². The van der Waals surface area contributed by atoms with Crippen LogP contribution in [0.1, 0.15) is 44.3 Å². The molecule has 2 aliphatic heterocycles. The smallest absolute Gasteiger partial charge is 0.130 e. The van der Waals surface area contributed by atoms with Gasteiger partial charge in [0.2, 0.25) is 0 Å². The van der Waals surface area contributed by atoms with Crippen molar-refractivity contribution in [3.05, 3.63) is 78.2 Å². The Morgan fingerprint density at radius 1 is 1.05 bits per heavy atom. The van der Waals surface area contributed by atoms with E-state index < -0.39 is 0 Å². The molecule has 5 heterocycles. The highest BCUT2D eigenvalue weighted by Gasteiger charge is 2.29. The van der Waals surface area contributed by atoms with Crippen molar-refractivity contribution < 1.29 is 9.50 Å². The zero-order valence-corrected chi connectivity index (χ0v) is 22.4. The summed E-state index contributed by atoms with van der Waals surface area (Å²) in [6, 6.07) is 9.97. The van der Waals surface area contributed by atoms with E-state index in [0.29, 0.717) is 18.1 Å². The molecule has 3 aromatic heterocycles. The number of likely N-dealkylation sites (tertiary alicyclic amines) is 1. The second kappa shape index (κ2) is 11.6. The molecular formula is C31H34FN7O. The minimum absolute atomic E-state index is 0.0543. The first-order chi connectivity index (χ1) is 19.5. The number of anilines is 1. The van der Waals surface area contributed by atoms with Crippen LogP contribution in [-0.2, 0) is 0 Å². The van der Waals surface area contributed by atoms with Gasteiger partial charge in [0.25, 0.3) is 0 Å². The number of hydrogen-bond donors (Lipinski definition) is 3. The number of H-pyrrole nitrogens is 1. The molecule has 2 saturated heterocycles. The van der Waals surface area contributed by atoms with E-state index in [9.17, 15) is 9.50 Å². The summed E-state index contributed by atoms with van der Waals surface area (Å²) >= 11 is 0. The van der Waals surface area contributed by atoms with E-state index in [4.69, 9.17) is 10.4 Å². The molecule has 0 aromatic carbocycles. The average Bonchev–Trinajstić information content (AvgIpc) is 3.67. The van der Waals surface area contributed by atoms with Crippen LogP contribution in [-0.4, -0.2) is 67.6 Å². The van der Waals surface area contributed by atoms with Gasteiger partial charge in [-0.3, -0.25) is 5.41 Å². The molecular weight excluding hydrogens is 505 g/mol. The summed E-state index contributed by atoms with van der Waals surface area (Å²) in [5, 5.41) is 18.4. The fraction of sp³-hybridized carbons (Fsp3) is 0.355. The predicted octanol–water partition coefficient (Wildman–Crippen LogP) is 5.52. The normalized spacial score (nSPS) is 20.2. The second-order valence-corrected chi connectivity index (χ2v) is 10.6. The Hall–Kier alpha value is -4.11. The lowest BCUT2D eigenvalue weighted by Gasteiger charge is -2.30. The number of piperidine rings is 1. The Kier molecular flexibility index (Phi) is 7.55. The summed E-state index contributed by atoms with van der Waals surface area (Å²) in [5.41, 5.74) is 4.30. The van der Waals surface area contributed by atoms with Crippen LogP contribution in [0.5, 0.6) is 0 Å². The van der Waals surface area contributed by atoms with Gasteiger partial charge >= 0.3 is 0 Å². The van der Waals surface area contributed by atoms with Crippen molar-refractivity contribution >= 4 is 17.7 Å². The average molecular weight is 540 g/mol. The third-order valence-corrected chi connectivity index (χ3v) is 7.89. The molecule has 1 atom stereocenters. The number of halogens is 1. The molecule has 0 saturated carbocycles. The highest BCUT2D eigenvalue weighted by atomic mass is 19.1. The number of allylic oxidation sites excluding steroid dienone is 2. The Bertz CT molecular complexity index is 1450. The summed E-state index contributed by atoms with van der Waals surface area (Å²) in [5.74, 6) is 1.89. The molecule has 0 amide bonds. The van der Waals surface area contributed by atoms with Gasteiger partial charge < -0.3 is 19.9 Å². The summed E-state index contributed by atoms with van der Waals surface area (Å²) in [7, 11) is 0. The number of pyridine rings is 2. The summed E-state index contributed by atoms with van der Waals surface area (Å²) in [6.45, 7) is 2.41. The lowest BCUT2D eigenvalue weighted by atomic mass is 9.97. The molecule has 1 unspecified atom stereocenters. The quantitative estimate of drug-likeness (QED) is 0.281. The van der Waals surface area contributed by atoms with Crippen molar-refractivity contribution in [2.45, 2.75) is 50.7 Å². The highest BCUT2D eigenvalue weighted by molar-refractivity contribution is 5.94. The molecule has 8 nitrogen and oxygen atoms in total. The summed E-state index contributed by atoms with van der Waals surface area (Å²) in [4.78, 5) is 21.5. The van der Waals surface area contributed by atoms with Crippen LogP contribution < -0.4 is 4.90 Å². The molecule has 2 fully saturated rings. The highest BCUT2D eigenvalue weighted by Crippen LogP contribution is 2.30. The van der Waals surface area contributed by atoms with Crippen molar-refractivity contribution in [1.82, 2.24) is 24.8 Å². The number of nitrogens with one attached hydrogen (secondary N) is 2. The van der Waals surface area contributed by atoms with Gasteiger partial charge in [0.15, 0.2) is 0 Å². The SMILES string of the molecule is N=C(/C=C\c1ncc(-c2cccc(-c3ccc(N4CCC(O)CC4)nc3)n2)[nH]1)N1CCCC1C1=CCCC(F)=C1. The summed E-state index contributed by atoms with van der Waals surface area (Å²) in [6.07, 6.45) is 15.4. The maximum absolute atomic E-state index is 13.9. The molecule has 0 bridgehead atoms. The number of rotatable bonds is 6. The van der Waals surface area contributed by atoms with Crippen LogP contribution in [0.25, 0.3) is 28.7 Å². The second-order valence-electron chi connectivity index (χ2n) is 10.6. The number of aromatic nitrogens is 4. The molecule has 0 spiro atoms. The monoisotopic (exact) mass is 539 g/mol. The number of imidazole rings is 1. The number of nitrogens with zero attached hydrogens (tertiary/aromatic N) is 5. The molecule has 6 rings (SSSR count). The van der Waals surface area contributed by atoms with Crippen LogP contribution in [0.3, 0.4) is 0 Å². The van der Waals surface area contributed by atoms with E-state index in [1.807, 2.05) is 41.4 Å². The van der Waals surface area contributed by atoms with Crippen LogP contribution in [0, 0.1) is 5.41 Å². The molecule has 40 heavy (non-hydrogen) atoms. The Labute approximate surface area is 233 Å². The standard InChI is InChI=1S/C31H34FN7O/c32-23-5-1-4-21(18-23)28-8-3-15-39(28)29(33)10-11-30-34-20-27(37-30)26-7-2-6-25(36-26)22-9-12-31(35-19-22)38-16-13-24(40)14-17-38/h2,4,6-7,9-12,18-20,24,28,33,40H,1,3,5,8,13-17H2,(H,34,37)/b11-10-,33-29?. The van der Waals surface area contributed by atoms with Crippen LogP contribution >= 0.6 is 0 Å². The Balaban J connectivity index is 1.12. The molecule has 3 N–H and O–H groups in total. The van der Waals surface area contributed by atoms with E-state index in [1.165, 1.54) is 0 Å². The van der Waals surface area contributed by atoms with Gasteiger partial charge in [0.1, 0.15) is 23.3 Å². The zero-order valence-electron chi connectivity index (χ0n) is 22.4. The van der Waals surface area contributed by atoms with E-state index in [2.05, 4.69) is 25.9 Å². The first kappa shape index (κ1) is 26.1. The fourth-order valence-corrected chi connectivity index (χ4v) is 5.69. The maximum Gasteiger partial charge on any atom is 0.130 e. The zero-order chi connectivity index (χ0) is 27.5. The molecule has 206 valence electrons. The summed E-state index contributed by atoms with van der Waals surface area (Å²) < 4.78 is 13.9. The van der Waals surface area contributed by atoms with Gasteiger partial charge in [-0.15, -0.1) is 0 Å². The number of hydrogen-bond acceptors (Lipinski definition) is 6. The Morgan fingerprint density at radius 2 is 1.90 bits per heavy atom. The third-order valence-electron chi connectivity index (χ3n) is 7.89. The van der Waals surface area contributed by atoms with Gasteiger partial charge in [-0.1, -0.05) is 12.1 Å².